The van der Waals surface area contributed by atoms with E-state index < -0.39 is 0 Å². The maximum atomic E-state index is 12.0. The molecule has 0 aromatic heterocycles. The lowest BCUT2D eigenvalue weighted by molar-refractivity contribution is -0.135. The number of nitrogens with two attached hydrogens (primary N) is 1. The van der Waals surface area contributed by atoms with Gasteiger partial charge in [-0.15, -0.1) is 0 Å². The van der Waals surface area contributed by atoms with Gasteiger partial charge in [0.25, 0.3) is 0 Å². The van der Waals surface area contributed by atoms with Gasteiger partial charge < -0.3 is 10.6 Å². The van der Waals surface area contributed by atoms with Crippen LogP contribution in [0.1, 0.15) is 25.7 Å². The minimum atomic E-state index is 0.181. The van der Waals surface area contributed by atoms with Crippen molar-refractivity contribution in [2.75, 3.05) is 25.6 Å². The number of hydrogen-bond donors (Lipinski definition) is 1. The third-order valence-corrected chi connectivity index (χ3v) is 3.66. The third-order valence-electron chi connectivity index (χ3n) is 3.07. The molecule has 0 aromatic carbocycles. The summed E-state index contributed by atoms with van der Waals surface area (Å²) in [5.41, 5.74) is 5.89. The van der Waals surface area contributed by atoms with Gasteiger partial charge in [0.1, 0.15) is 0 Å². The number of amides is 1. The van der Waals surface area contributed by atoms with Crippen LogP contribution in [0, 0.1) is 5.92 Å². The molecule has 1 aliphatic carbocycles. The van der Waals surface area contributed by atoms with Crippen LogP contribution in [0.5, 0.6) is 0 Å². The molecule has 15 heavy (non-hydrogen) atoms. The minimum absolute atomic E-state index is 0.181. The van der Waals surface area contributed by atoms with Crippen molar-refractivity contribution in [1.82, 2.24) is 4.90 Å². The molecule has 0 saturated heterocycles. The van der Waals surface area contributed by atoms with Gasteiger partial charge in [-0.05, 0) is 25.5 Å². The Morgan fingerprint density at radius 3 is 2.87 bits per heavy atom. The molecule has 4 heteroatoms. The molecule has 3 nitrogen and oxygen atoms in total. The molecule has 1 saturated carbocycles. The highest BCUT2D eigenvalue weighted by Gasteiger charge is 2.27. The highest BCUT2D eigenvalue weighted by Crippen LogP contribution is 2.24. The average molecular weight is 230 g/mol. The van der Waals surface area contributed by atoms with E-state index in [9.17, 15) is 4.79 Å². The smallest absolute Gasteiger partial charge is 0.225 e. The predicted octanol–water partition coefficient (Wildman–Crippen LogP) is 1.33. The fourth-order valence-corrected chi connectivity index (χ4v) is 2.56. The molecular weight excluding hydrogens is 208 g/mol. The number of carbonyl (C=O) groups is 1. The second-order valence-electron chi connectivity index (χ2n) is 4.38. The quantitative estimate of drug-likeness (QED) is 0.792. The summed E-state index contributed by atoms with van der Waals surface area (Å²) < 4.78 is 0. The Kier molecular flexibility index (Phi) is 5.47. The first-order chi connectivity index (χ1) is 7.15. The van der Waals surface area contributed by atoms with Gasteiger partial charge in [0.2, 0.25) is 5.91 Å². The zero-order valence-electron chi connectivity index (χ0n) is 9.74. The molecule has 2 atom stereocenters. The van der Waals surface area contributed by atoms with E-state index in [0.29, 0.717) is 5.91 Å². The number of carbonyl (C=O) groups excluding carboxylic acids is 1. The lowest BCUT2D eigenvalue weighted by Crippen LogP contribution is -2.39. The van der Waals surface area contributed by atoms with Crippen LogP contribution in [-0.4, -0.2) is 42.4 Å². The molecular formula is C11H22N2OS. The Balaban J connectivity index is 2.37. The van der Waals surface area contributed by atoms with Crippen molar-refractivity contribution in [3.05, 3.63) is 0 Å². The van der Waals surface area contributed by atoms with Crippen LogP contribution in [0.2, 0.25) is 0 Å². The molecule has 1 amide bonds. The second-order valence-corrected chi connectivity index (χ2v) is 5.36. The summed E-state index contributed by atoms with van der Waals surface area (Å²) in [6.07, 6.45) is 6.15. The normalized spacial score (nSPS) is 26.3. The molecule has 1 rings (SSSR count). The summed E-state index contributed by atoms with van der Waals surface area (Å²) in [7, 11) is 1.90. The van der Waals surface area contributed by atoms with Crippen LogP contribution in [0.15, 0.2) is 0 Å². The van der Waals surface area contributed by atoms with E-state index in [4.69, 9.17) is 5.73 Å². The summed E-state index contributed by atoms with van der Waals surface area (Å²) in [6, 6.07) is 0.238. The van der Waals surface area contributed by atoms with Crippen LogP contribution in [-0.2, 0) is 4.79 Å². The molecule has 2 N–H and O–H groups in total. The fraction of sp³-hybridized carbons (Fsp3) is 0.909. The molecule has 0 spiro atoms. The molecule has 88 valence electrons. The van der Waals surface area contributed by atoms with Gasteiger partial charge in [-0.3, -0.25) is 4.79 Å². The van der Waals surface area contributed by atoms with Gasteiger partial charge in [0, 0.05) is 31.3 Å². The number of rotatable bonds is 4. The monoisotopic (exact) mass is 230 g/mol. The topological polar surface area (TPSA) is 46.3 Å². The maximum Gasteiger partial charge on any atom is 0.225 e. The van der Waals surface area contributed by atoms with Gasteiger partial charge in [-0.2, -0.15) is 11.8 Å². The summed E-state index contributed by atoms with van der Waals surface area (Å²) in [6.45, 7) is 0.853. The number of thioether (sulfide) groups is 1. The van der Waals surface area contributed by atoms with E-state index in [1.54, 1.807) is 11.8 Å². The van der Waals surface area contributed by atoms with Gasteiger partial charge in [0.15, 0.2) is 0 Å². The second kappa shape index (κ2) is 6.38. The Hall–Kier alpha value is -0.220. The summed E-state index contributed by atoms with van der Waals surface area (Å²) in [4.78, 5) is 13.9. The minimum Gasteiger partial charge on any atom is -0.345 e. The fourth-order valence-electron chi connectivity index (χ4n) is 2.10. The first-order valence-corrected chi connectivity index (χ1v) is 7.04. The lowest BCUT2D eigenvalue weighted by Gasteiger charge is -2.29. The first-order valence-electron chi connectivity index (χ1n) is 5.64. The van der Waals surface area contributed by atoms with Gasteiger partial charge >= 0.3 is 0 Å². The van der Waals surface area contributed by atoms with Crippen LogP contribution in [0.25, 0.3) is 0 Å². The first kappa shape index (κ1) is 12.8. The average Bonchev–Trinajstić information content (AvgIpc) is 2.24. The van der Waals surface area contributed by atoms with E-state index in [-0.39, 0.29) is 12.0 Å². The van der Waals surface area contributed by atoms with Gasteiger partial charge in [-0.1, -0.05) is 6.42 Å². The van der Waals surface area contributed by atoms with Crippen LogP contribution >= 0.6 is 11.8 Å². The van der Waals surface area contributed by atoms with Crippen LogP contribution in [0.3, 0.4) is 0 Å². The van der Waals surface area contributed by atoms with Gasteiger partial charge in [-0.25, -0.2) is 0 Å². The number of nitrogens with zero attached hydrogens (tertiary/aromatic N) is 1. The van der Waals surface area contributed by atoms with Crippen molar-refractivity contribution in [3.8, 4) is 0 Å². The van der Waals surface area contributed by atoms with Crippen molar-refractivity contribution in [1.29, 1.82) is 0 Å². The van der Waals surface area contributed by atoms with Crippen molar-refractivity contribution in [2.24, 2.45) is 11.7 Å². The molecule has 0 bridgehead atoms. The maximum absolute atomic E-state index is 12.0. The highest BCUT2D eigenvalue weighted by molar-refractivity contribution is 7.98. The Morgan fingerprint density at radius 2 is 2.27 bits per heavy atom. The zero-order chi connectivity index (χ0) is 11.3. The largest absolute Gasteiger partial charge is 0.345 e. The van der Waals surface area contributed by atoms with Crippen molar-refractivity contribution in [3.63, 3.8) is 0 Å². The predicted molar refractivity (Wildman–Crippen MR) is 66.0 cm³/mol. The molecule has 1 aliphatic rings. The van der Waals surface area contributed by atoms with Gasteiger partial charge in [0.05, 0.1) is 0 Å². The van der Waals surface area contributed by atoms with E-state index in [1.807, 2.05) is 11.9 Å². The SMILES string of the molecule is CSCCN(C)C(=O)C1CCCC(N)C1. The van der Waals surface area contributed by atoms with Crippen molar-refractivity contribution in [2.45, 2.75) is 31.7 Å². The summed E-state index contributed by atoms with van der Waals surface area (Å²) in [5, 5.41) is 0. The summed E-state index contributed by atoms with van der Waals surface area (Å²) in [5.74, 6) is 1.49. The lowest BCUT2D eigenvalue weighted by atomic mass is 9.85. The van der Waals surface area contributed by atoms with Crippen LogP contribution in [0.4, 0.5) is 0 Å². The van der Waals surface area contributed by atoms with E-state index in [1.165, 1.54) is 0 Å². The zero-order valence-corrected chi connectivity index (χ0v) is 10.6. The van der Waals surface area contributed by atoms with Crippen molar-refractivity contribution >= 4 is 17.7 Å². The number of hydrogen-bond acceptors (Lipinski definition) is 3. The third kappa shape index (κ3) is 4.03. The Morgan fingerprint density at radius 1 is 1.53 bits per heavy atom. The molecule has 0 heterocycles. The molecule has 0 radical (unpaired) electrons. The molecule has 2 unspecified atom stereocenters. The van der Waals surface area contributed by atoms with Crippen LogP contribution < -0.4 is 5.73 Å². The van der Waals surface area contributed by atoms with E-state index in [2.05, 4.69) is 6.26 Å². The Bertz CT molecular complexity index is 211. The van der Waals surface area contributed by atoms with Crippen molar-refractivity contribution < 1.29 is 4.79 Å². The Labute approximate surface area is 96.8 Å². The summed E-state index contributed by atoms with van der Waals surface area (Å²) >= 11 is 1.78. The van der Waals surface area contributed by atoms with E-state index >= 15 is 0 Å². The highest BCUT2D eigenvalue weighted by atomic mass is 32.2. The molecule has 1 fully saturated rings. The standard InChI is InChI=1S/C11H22N2OS/c1-13(6-7-15-2)11(14)9-4-3-5-10(12)8-9/h9-10H,3-8,12H2,1-2H3. The van der Waals surface area contributed by atoms with E-state index in [0.717, 1.165) is 38.0 Å². The molecule has 0 aliphatic heterocycles. The molecule has 0 aromatic rings.